The molecule has 2 unspecified atom stereocenters. The molecule has 3 N–H and O–H groups in total. The standard InChI is InChI=1S/C15H15FN2/c16-12-6-3-5-11(8-12)15(18-17)14-9-10-4-1-2-7-13(10)14/h1-8,14-15,18H,9,17H2. The summed E-state index contributed by atoms with van der Waals surface area (Å²) < 4.78 is 13.3. The van der Waals surface area contributed by atoms with Gasteiger partial charge in [0.2, 0.25) is 0 Å². The SMILES string of the molecule is NNC(c1cccc(F)c1)C1Cc2ccccc21. The van der Waals surface area contributed by atoms with E-state index in [0.717, 1.165) is 12.0 Å². The third kappa shape index (κ3) is 1.82. The van der Waals surface area contributed by atoms with Crippen LogP contribution in [0.15, 0.2) is 48.5 Å². The van der Waals surface area contributed by atoms with Crippen LogP contribution in [0, 0.1) is 5.82 Å². The van der Waals surface area contributed by atoms with E-state index >= 15 is 0 Å². The fourth-order valence-electron chi connectivity index (χ4n) is 2.74. The van der Waals surface area contributed by atoms with Gasteiger partial charge in [0.1, 0.15) is 5.82 Å². The number of fused-ring (bicyclic) bond motifs is 1. The van der Waals surface area contributed by atoms with Gasteiger partial charge in [0.25, 0.3) is 0 Å². The number of hydrogen-bond donors (Lipinski definition) is 2. The summed E-state index contributed by atoms with van der Waals surface area (Å²) in [4.78, 5) is 0. The van der Waals surface area contributed by atoms with E-state index in [9.17, 15) is 4.39 Å². The number of nitrogens with two attached hydrogens (primary N) is 1. The Balaban J connectivity index is 1.92. The molecule has 2 atom stereocenters. The second kappa shape index (κ2) is 4.52. The molecule has 92 valence electrons. The summed E-state index contributed by atoms with van der Waals surface area (Å²) in [6.45, 7) is 0. The molecule has 0 bridgehead atoms. The van der Waals surface area contributed by atoms with Crippen LogP contribution in [0.1, 0.15) is 28.7 Å². The molecule has 0 heterocycles. The summed E-state index contributed by atoms with van der Waals surface area (Å²) in [6.07, 6.45) is 0.988. The maximum Gasteiger partial charge on any atom is 0.123 e. The van der Waals surface area contributed by atoms with Crippen molar-refractivity contribution in [2.45, 2.75) is 18.4 Å². The number of hydrogen-bond acceptors (Lipinski definition) is 2. The van der Waals surface area contributed by atoms with E-state index in [-0.39, 0.29) is 11.9 Å². The zero-order chi connectivity index (χ0) is 12.5. The molecule has 1 aliphatic carbocycles. The Labute approximate surface area is 106 Å². The van der Waals surface area contributed by atoms with Gasteiger partial charge in [-0.15, -0.1) is 0 Å². The lowest BCUT2D eigenvalue weighted by Crippen LogP contribution is -2.37. The lowest BCUT2D eigenvalue weighted by Gasteiger charge is -2.36. The summed E-state index contributed by atoms with van der Waals surface area (Å²) >= 11 is 0. The van der Waals surface area contributed by atoms with Crippen molar-refractivity contribution < 1.29 is 4.39 Å². The lowest BCUT2D eigenvalue weighted by molar-refractivity contribution is 0.417. The van der Waals surface area contributed by atoms with Crippen LogP contribution in [0.5, 0.6) is 0 Å². The first-order chi connectivity index (χ1) is 8.79. The van der Waals surface area contributed by atoms with E-state index in [0.29, 0.717) is 5.92 Å². The van der Waals surface area contributed by atoms with E-state index in [1.54, 1.807) is 12.1 Å². The van der Waals surface area contributed by atoms with Crippen LogP contribution in [0.25, 0.3) is 0 Å². The quantitative estimate of drug-likeness (QED) is 0.641. The zero-order valence-electron chi connectivity index (χ0n) is 9.94. The van der Waals surface area contributed by atoms with Gasteiger partial charge in [-0.3, -0.25) is 11.3 Å². The molecule has 2 nitrogen and oxygen atoms in total. The Bertz CT molecular complexity index is 568. The molecule has 1 aliphatic rings. The average molecular weight is 242 g/mol. The normalized spacial score (nSPS) is 18.9. The molecule has 2 aromatic rings. The maximum atomic E-state index is 13.3. The molecule has 0 spiro atoms. The first-order valence-electron chi connectivity index (χ1n) is 6.09. The molecule has 0 aliphatic heterocycles. The predicted octanol–water partition coefficient (Wildman–Crippen LogP) is 2.67. The van der Waals surface area contributed by atoms with Crippen LogP contribution >= 0.6 is 0 Å². The highest BCUT2D eigenvalue weighted by Crippen LogP contribution is 2.43. The fraction of sp³-hybridized carbons (Fsp3) is 0.200. The van der Waals surface area contributed by atoms with E-state index in [4.69, 9.17) is 5.84 Å². The monoisotopic (exact) mass is 242 g/mol. The first-order valence-corrected chi connectivity index (χ1v) is 6.09. The maximum absolute atomic E-state index is 13.3. The van der Waals surface area contributed by atoms with Crippen molar-refractivity contribution in [1.29, 1.82) is 0 Å². The van der Waals surface area contributed by atoms with Gasteiger partial charge < -0.3 is 0 Å². The van der Waals surface area contributed by atoms with E-state index in [2.05, 4.69) is 17.6 Å². The Hall–Kier alpha value is -1.71. The third-order valence-corrected chi connectivity index (χ3v) is 3.68. The molecule has 0 fully saturated rings. The van der Waals surface area contributed by atoms with Crippen LogP contribution in [0.3, 0.4) is 0 Å². The number of nitrogens with one attached hydrogen (secondary N) is 1. The summed E-state index contributed by atoms with van der Waals surface area (Å²) in [5.41, 5.74) is 6.39. The molecule has 18 heavy (non-hydrogen) atoms. The Morgan fingerprint density at radius 2 is 2.00 bits per heavy atom. The molecular weight excluding hydrogens is 227 g/mol. The Morgan fingerprint density at radius 1 is 1.17 bits per heavy atom. The Kier molecular flexibility index (Phi) is 2.86. The van der Waals surface area contributed by atoms with Crippen molar-refractivity contribution in [3.63, 3.8) is 0 Å². The molecule has 3 heteroatoms. The van der Waals surface area contributed by atoms with Crippen LogP contribution in [0.4, 0.5) is 4.39 Å². The summed E-state index contributed by atoms with van der Waals surface area (Å²) in [5, 5.41) is 0. The van der Waals surface area contributed by atoms with Gasteiger partial charge >= 0.3 is 0 Å². The van der Waals surface area contributed by atoms with Crippen molar-refractivity contribution in [3.8, 4) is 0 Å². The van der Waals surface area contributed by atoms with Crippen molar-refractivity contribution in [3.05, 3.63) is 71.0 Å². The van der Waals surface area contributed by atoms with Gasteiger partial charge in [0, 0.05) is 5.92 Å². The molecular formula is C15H15FN2. The minimum atomic E-state index is -0.222. The van der Waals surface area contributed by atoms with E-state index in [1.165, 1.54) is 17.2 Å². The molecule has 2 aromatic carbocycles. The zero-order valence-corrected chi connectivity index (χ0v) is 9.94. The Morgan fingerprint density at radius 3 is 2.72 bits per heavy atom. The van der Waals surface area contributed by atoms with Crippen LogP contribution < -0.4 is 11.3 Å². The highest BCUT2D eigenvalue weighted by molar-refractivity contribution is 5.43. The molecule has 0 saturated carbocycles. The van der Waals surface area contributed by atoms with Crippen molar-refractivity contribution in [1.82, 2.24) is 5.43 Å². The van der Waals surface area contributed by atoms with Gasteiger partial charge in [-0.1, -0.05) is 36.4 Å². The molecule has 0 radical (unpaired) electrons. The van der Waals surface area contributed by atoms with Gasteiger partial charge in [0.15, 0.2) is 0 Å². The van der Waals surface area contributed by atoms with Gasteiger partial charge in [-0.2, -0.15) is 0 Å². The second-order valence-electron chi connectivity index (χ2n) is 4.71. The van der Waals surface area contributed by atoms with Gasteiger partial charge in [-0.05, 0) is 35.2 Å². The molecule has 3 rings (SSSR count). The number of hydrazine groups is 1. The molecule has 0 amide bonds. The molecule has 0 aromatic heterocycles. The highest BCUT2D eigenvalue weighted by atomic mass is 19.1. The minimum Gasteiger partial charge on any atom is -0.271 e. The van der Waals surface area contributed by atoms with Crippen molar-refractivity contribution in [2.24, 2.45) is 5.84 Å². The first kappa shape index (κ1) is 11.4. The van der Waals surface area contributed by atoms with Crippen molar-refractivity contribution >= 4 is 0 Å². The summed E-state index contributed by atoms with van der Waals surface area (Å²) in [6, 6.07) is 14.9. The smallest absolute Gasteiger partial charge is 0.123 e. The van der Waals surface area contributed by atoms with Crippen LogP contribution in [-0.2, 0) is 6.42 Å². The van der Waals surface area contributed by atoms with E-state index < -0.39 is 0 Å². The largest absolute Gasteiger partial charge is 0.271 e. The fourth-order valence-corrected chi connectivity index (χ4v) is 2.74. The molecule has 0 saturated heterocycles. The number of benzene rings is 2. The summed E-state index contributed by atoms with van der Waals surface area (Å²) in [5.74, 6) is 5.75. The predicted molar refractivity (Wildman–Crippen MR) is 69.4 cm³/mol. The minimum absolute atomic E-state index is 0.0319. The van der Waals surface area contributed by atoms with Crippen LogP contribution in [0.2, 0.25) is 0 Å². The number of halogens is 1. The second-order valence-corrected chi connectivity index (χ2v) is 4.71. The van der Waals surface area contributed by atoms with E-state index in [1.807, 2.05) is 18.2 Å². The summed E-state index contributed by atoms with van der Waals surface area (Å²) in [7, 11) is 0. The number of rotatable bonds is 3. The van der Waals surface area contributed by atoms with Gasteiger partial charge in [0.05, 0.1) is 6.04 Å². The lowest BCUT2D eigenvalue weighted by atomic mass is 9.72. The highest BCUT2D eigenvalue weighted by Gasteiger charge is 2.33. The van der Waals surface area contributed by atoms with Crippen LogP contribution in [-0.4, -0.2) is 0 Å². The third-order valence-electron chi connectivity index (χ3n) is 3.68. The van der Waals surface area contributed by atoms with Gasteiger partial charge in [-0.25, -0.2) is 4.39 Å². The van der Waals surface area contributed by atoms with Crippen molar-refractivity contribution in [2.75, 3.05) is 0 Å². The topological polar surface area (TPSA) is 38.0 Å². The average Bonchev–Trinajstić information content (AvgIpc) is 2.36.